The molecule has 2 rings (SSSR count). The minimum Gasteiger partial charge on any atom is -0.494 e. The van der Waals surface area contributed by atoms with Crippen molar-refractivity contribution in [1.29, 1.82) is 0 Å². The molecular weight excluding hydrogens is 380 g/mol. The normalized spacial score (nSPS) is 11.1. The van der Waals surface area contributed by atoms with Gasteiger partial charge in [0.2, 0.25) is 0 Å². The van der Waals surface area contributed by atoms with Crippen LogP contribution >= 0.6 is 0 Å². The van der Waals surface area contributed by atoms with E-state index >= 15 is 0 Å². The predicted molar refractivity (Wildman–Crippen MR) is 107 cm³/mol. The number of ether oxygens (including phenoxy) is 3. The summed E-state index contributed by atoms with van der Waals surface area (Å²) in [7, 11) is -3.50. The van der Waals surface area contributed by atoms with Gasteiger partial charge in [-0.25, -0.2) is 8.42 Å². The van der Waals surface area contributed by atoms with E-state index in [1.807, 2.05) is 26.0 Å². The molecular formula is C21H26O6S. The van der Waals surface area contributed by atoms with Gasteiger partial charge in [-0.05, 0) is 49.7 Å². The van der Waals surface area contributed by atoms with Gasteiger partial charge >= 0.3 is 5.97 Å². The fraction of sp³-hybridized carbons (Fsp3) is 0.381. The third-order valence-corrected chi connectivity index (χ3v) is 5.60. The summed E-state index contributed by atoms with van der Waals surface area (Å²) in [5, 5.41) is 0. The Morgan fingerprint density at radius 1 is 0.857 bits per heavy atom. The average molecular weight is 407 g/mol. The summed E-state index contributed by atoms with van der Waals surface area (Å²) in [5.74, 6) is 0.564. The highest BCUT2D eigenvalue weighted by Crippen LogP contribution is 2.17. The lowest BCUT2D eigenvalue weighted by Gasteiger charge is -2.09. The van der Waals surface area contributed by atoms with Gasteiger partial charge < -0.3 is 14.2 Å². The second-order valence-corrected chi connectivity index (χ2v) is 8.38. The van der Waals surface area contributed by atoms with Gasteiger partial charge in [-0.15, -0.1) is 0 Å². The first-order valence-electron chi connectivity index (χ1n) is 9.21. The van der Waals surface area contributed by atoms with E-state index in [0.717, 1.165) is 17.7 Å². The van der Waals surface area contributed by atoms with E-state index < -0.39 is 15.8 Å². The minimum absolute atomic E-state index is 0.0531. The van der Waals surface area contributed by atoms with Crippen LogP contribution in [-0.2, 0) is 19.4 Å². The Kier molecular flexibility index (Phi) is 8.32. The van der Waals surface area contributed by atoms with Crippen molar-refractivity contribution >= 4 is 15.8 Å². The molecule has 2 aromatic rings. The zero-order valence-corrected chi connectivity index (χ0v) is 17.0. The minimum atomic E-state index is -3.50. The molecule has 0 aliphatic carbocycles. The Morgan fingerprint density at radius 3 is 2.00 bits per heavy atom. The van der Waals surface area contributed by atoms with Gasteiger partial charge in [-0.3, -0.25) is 4.79 Å². The highest BCUT2D eigenvalue weighted by atomic mass is 32.2. The fourth-order valence-corrected chi connectivity index (χ4v) is 3.54. The molecule has 0 fully saturated rings. The number of esters is 1. The molecule has 6 nitrogen and oxygen atoms in total. The lowest BCUT2D eigenvalue weighted by molar-refractivity contribution is -0.143. The molecule has 0 saturated heterocycles. The Bertz CT molecular complexity index is 841. The van der Waals surface area contributed by atoms with E-state index in [1.165, 1.54) is 0 Å². The van der Waals surface area contributed by atoms with Crippen molar-refractivity contribution in [3.8, 4) is 11.5 Å². The van der Waals surface area contributed by atoms with Crippen molar-refractivity contribution in [2.45, 2.75) is 31.6 Å². The molecule has 0 N–H and O–H groups in total. The highest BCUT2D eigenvalue weighted by molar-refractivity contribution is 7.91. The predicted octanol–water partition coefficient (Wildman–Crippen LogP) is 3.57. The van der Waals surface area contributed by atoms with Crippen LogP contribution in [0, 0.1) is 6.92 Å². The summed E-state index contributed by atoms with van der Waals surface area (Å²) in [5.41, 5.74) is 0.974. The van der Waals surface area contributed by atoms with E-state index in [0.29, 0.717) is 12.4 Å². The average Bonchev–Trinajstić information content (AvgIpc) is 2.69. The van der Waals surface area contributed by atoms with Crippen LogP contribution in [0.1, 0.15) is 25.3 Å². The molecule has 7 heteroatoms. The smallest absolute Gasteiger partial charge is 0.306 e. The zero-order chi connectivity index (χ0) is 20.4. The summed E-state index contributed by atoms with van der Waals surface area (Å²) in [4.78, 5) is 12.0. The van der Waals surface area contributed by atoms with Crippen LogP contribution in [0.5, 0.6) is 11.5 Å². The third kappa shape index (κ3) is 7.23. The summed E-state index contributed by atoms with van der Waals surface area (Å²) >= 11 is 0. The summed E-state index contributed by atoms with van der Waals surface area (Å²) < 4.78 is 40.4. The van der Waals surface area contributed by atoms with Crippen molar-refractivity contribution in [2.24, 2.45) is 0 Å². The molecule has 0 heterocycles. The zero-order valence-electron chi connectivity index (χ0n) is 16.2. The van der Waals surface area contributed by atoms with Crippen LogP contribution < -0.4 is 9.47 Å². The van der Waals surface area contributed by atoms with Crippen LogP contribution in [0.4, 0.5) is 0 Å². The van der Waals surface area contributed by atoms with Crippen molar-refractivity contribution in [3.05, 3.63) is 54.1 Å². The Labute approximate surface area is 166 Å². The van der Waals surface area contributed by atoms with Gasteiger partial charge in [-0.2, -0.15) is 0 Å². The largest absolute Gasteiger partial charge is 0.494 e. The van der Waals surface area contributed by atoms with Crippen LogP contribution in [-0.4, -0.2) is 40.0 Å². The topological polar surface area (TPSA) is 78.9 Å². The second-order valence-electron chi connectivity index (χ2n) is 6.27. The van der Waals surface area contributed by atoms with Crippen molar-refractivity contribution in [2.75, 3.05) is 25.6 Å². The first-order chi connectivity index (χ1) is 13.4. The first kappa shape index (κ1) is 21.8. The van der Waals surface area contributed by atoms with Gasteiger partial charge in [0.15, 0.2) is 9.84 Å². The second kappa shape index (κ2) is 10.7. The molecule has 152 valence electrons. The van der Waals surface area contributed by atoms with Crippen LogP contribution in [0.25, 0.3) is 0 Å². The fourth-order valence-electron chi connectivity index (χ4n) is 2.32. The molecule has 0 aliphatic rings. The molecule has 0 saturated carbocycles. The number of benzene rings is 2. The Morgan fingerprint density at radius 2 is 1.43 bits per heavy atom. The number of carbonyl (C=O) groups excluding carboxylic acids is 1. The van der Waals surface area contributed by atoms with Crippen LogP contribution in [0.15, 0.2) is 53.4 Å². The van der Waals surface area contributed by atoms with Crippen molar-refractivity contribution in [1.82, 2.24) is 0 Å². The molecule has 0 bridgehead atoms. The summed E-state index contributed by atoms with van der Waals surface area (Å²) in [6.07, 6.45) is 0.746. The van der Waals surface area contributed by atoms with Crippen molar-refractivity contribution in [3.63, 3.8) is 0 Å². The first-order valence-corrected chi connectivity index (χ1v) is 10.9. The molecule has 0 atom stereocenters. The number of hydrogen-bond acceptors (Lipinski definition) is 6. The maximum Gasteiger partial charge on any atom is 0.306 e. The lowest BCUT2D eigenvalue weighted by atomic mass is 10.2. The van der Waals surface area contributed by atoms with Gasteiger partial charge in [0.25, 0.3) is 0 Å². The molecule has 2 aromatic carbocycles. The van der Waals surface area contributed by atoms with E-state index in [-0.39, 0.29) is 30.3 Å². The van der Waals surface area contributed by atoms with Gasteiger partial charge in [-0.1, -0.05) is 24.6 Å². The quantitative estimate of drug-likeness (QED) is 0.419. The Hall–Kier alpha value is -2.54. The van der Waals surface area contributed by atoms with Gasteiger partial charge in [0.1, 0.15) is 24.7 Å². The number of hydrogen-bond donors (Lipinski definition) is 0. The lowest BCUT2D eigenvalue weighted by Crippen LogP contribution is -2.16. The molecule has 0 aliphatic heterocycles. The monoisotopic (exact) mass is 406 g/mol. The van der Waals surface area contributed by atoms with Crippen molar-refractivity contribution < 1.29 is 27.4 Å². The number of aryl methyl sites for hydroxylation is 1. The standard InChI is InChI=1S/C21H26O6S/c1-3-13-25-18-6-8-19(9-7-18)26-14-15-27-21(22)12-16-28(23,24)20-10-4-17(2)5-11-20/h4-11H,3,12-16H2,1-2H3. The van der Waals surface area contributed by atoms with Gasteiger partial charge in [0, 0.05) is 0 Å². The van der Waals surface area contributed by atoms with Gasteiger partial charge in [0.05, 0.1) is 23.7 Å². The highest BCUT2D eigenvalue weighted by Gasteiger charge is 2.17. The van der Waals surface area contributed by atoms with Crippen LogP contribution in [0.3, 0.4) is 0 Å². The number of carbonyl (C=O) groups is 1. The Balaban J connectivity index is 1.67. The number of sulfone groups is 1. The van der Waals surface area contributed by atoms with Crippen LogP contribution in [0.2, 0.25) is 0 Å². The van der Waals surface area contributed by atoms with E-state index in [2.05, 4.69) is 0 Å². The molecule has 28 heavy (non-hydrogen) atoms. The SMILES string of the molecule is CCCOc1ccc(OCCOC(=O)CCS(=O)(=O)c2ccc(C)cc2)cc1. The molecule has 0 radical (unpaired) electrons. The maximum absolute atomic E-state index is 12.2. The third-order valence-electron chi connectivity index (χ3n) is 3.87. The van der Waals surface area contributed by atoms with E-state index in [1.54, 1.807) is 36.4 Å². The molecule has 0 unspecified atom stereocenters. The molecule has 0 amide bonds. The molecule has 0 spiro atoms. The maximum atomic E-state index is 12.2. The van der Waals surface area contributed by atoms with E-state index in [9.17, 15) is 13.2 Å². The summed E-state index contributed by atoms with van der Waals surface area (Å²) in [6.45, 7) is 4.82. The summed E-state index contributed by atoms with van der Waals surface area (Å²) in [6, 6.07) is 13.7. The van der Waals surface area contributed by atoms with E-state index in [4.69, 9.17) is 14.2 Å². The molecule has 0 aromatic heterocycles. The number of rotatable bonds is 11.